The van der Waals surface area contributed by atoms with E-state index in [0.29, 0.717) is 18.8 Å². The number of hydrogen-bond acceptors (Lipinski definition) is 4. The highest BCUT2D eigenvalue weighted by Crippen LogP contribution is 2.17. The van der Waals surface area contributed by atoms with Crippen LogP contribution in [0.25, 0.3) is 0 Å². The maximum absolute atomic E-state index is 11.8. The second-order valence-corrected chi connectivity index (χ2v) is 7.54. The summed E-state index contributed by atoms with van der Waals surface area (Å²) in [5.74, 6) is 0.561. The Hall–Kier alpha value is -2.85. The highest BCUT2D eigenvalue weighted by Gasteiger charge is 2.05. The number of ether oxygens (including phenoxy) is 2. The molecule has 0 saturated carbocycles. The zero-order valence-corrected chi connectivity index (χ0v) is 17.7. The van der Waals surface area contributed by atoms with Crippen LogP contribution in [0.5, 0.6) is 5.75 Å². The van der Waals surface area contributed by atoms with Crippen molar-refractivity contribution in [2.24, 2.45) is 0 Å². The summed E-state index contributed by atoms with van der Waals surface area (Å²) in [4.78, 5) is 15.7. The first-order chi connectivity index (χ1) is 14.7. The molecule has 3 aromatic rings. The van der Waals surface area contributed by atoms with Crippen LogP contribution in [0.4, 0.5) is 0 Å². The highest BCUT2D eigenvalue weighted by atomic mass is 35.5. The van der Waals surface area contributed by atoms with E-state index in [-0.39, 0.29) is 5.97 Å². The third-order valence-corrected chi connectivity index (χ3v) is 4.98. The van der Waals surface area contributed by atoms with Crippen molar-refractivity contribution in [2.75, 3.05) is 6.61 Å². The molecule has 1 heterocycles. The molecule has 0 aliphatic rings. The molecular formula is C25H26ClNO3. The van der Waals surface area contributed by atoms with Gasteiger partial charge in [0, 0.05) is 17.4 Å². The van der Waals surface area contributed by atoms with E-state index in [9.17, 15) is 4.79 Å². The van der Waals surface area contributed by atoms with Crippen LogP contribution < -0.4 is 4.74 Å². The van der Waals surface area contributed by atoms with E-state index in [1.807, 2.05) is 36.4 Å². The molecule has 30 heavy (non-hydrogen) atoms. The van der Waals surface area contributed by atoms with Crippen molar-refractivity contribution in [3.63, 3.8) is 0 Å². The average Bonchev–Trinajstić information content (AvgIpc) is 2.79. The summed E-state index contributed by atoms with van der Waals surface area (Å²) < 4.78 is 11.1. The number of carbonyl (C=O) groups is 1. The first-order valence-corrected chi connectivity index (χ1v) is 10.6. The maximum atomic E-state index is 11.8. The van der Waals surface area contributed by atoms with Crippen LogP contribution in [0.3, 0.4) is 0 Å². The van der Waals surface area contributed by atoms with Gasteiger partial charge in [-0.3, -0.25) is 4.98 Å². The third-order valence-electron chi connectivity index (χ3n) is 4.73. The molecule has 0 N–H and O–H groups in total. The molecule has 0 spiro atoms. The van der Waals surface area contributed by atoms with E-state index < -0.39 is 0 Å². The van der Waals surface area contributed by atoms with Crippen molar-refractivity contribution in [3.8, 4) is 5.75 Å². The van der Waals surface area contributed by atoms with Gasteiger partial charge < -0.3 is 9.47 Å². The summed E-state index contributed by atoms with van der Waals surface area (Å²) in [5.41, 5.74) is 2.89. The van der Waals surface area contributed by atoms with Gasteiger partial charge in [0.15, 0.2) is 0 Å². The lowest BCUT2D eigenvalue weighted by Crippen LogP contribution is -2.06. The molecule has 4 nitrogen and oxygen atoms in total. The minimum atomic E-state index is -0.304. The largest absolute Gasteiger partial charge is 0.489 e. The zero-order valence-electron chi connectivity index (χ0n) is 16.9. The van der Waals surface area contributed by atoms with Gasteiger partial charge in [-0.25, -0.2) is 4.79 Å². The van der Waals surface area contributed by atoms with Crippen molar-refractivity contribution in [2.45, 2.75) is 38.7 Å². The Bertz CT molecular complexity index is 896. The fourth-order valence-corrected chi connectivity index (χ4v) is 3.14. The van der Waals surface area contributed by atoms with E-state index >= 15 is 0 Å². The molecule has 5 heteroatoms. The number of benzene rings is 2. The number of aromatic nitrogens is 1. The van der Waals surface area contributed by atoms with Crippen LogP contribution in [0, 0.1) is 0 Å². The van der Waals surface area contributed by atoms with Crippen LogP contribution in [-0.2, 0) is 17.8 Å². The summed E-state index contributed by atoms with van der Waals surface area (Å²) in [6, 6.07) is 19.4. The number of aryl methyl sites for hydroxylation is 1. The molecule has 0 unspecified atom stereocenters. The van der Waals surface area contributed by atoms with E-state index in [1.165, 1.54) is 11.8 Å². The smallest absolute Gasteiger partial charge is 0.339 e. The molecule has 0 atom stereocenters. The van der Waals surface area contributed by atoms with Crippen LogP contribution in [0.1, 0.15) is 47.2 Å². The molecule has 0 bridgehead atoms. The van der Waals surface area contributed by atoms with Gasteiger partial charge in [-0.1, -0.05) is 48.7 Å². The summed E-state index contributed by atoms with van der Waals surface area (Å²) in [7, 11) is 0. The Labute approximate surface area is 182 Å². The fourth-order valence-electron chi connectivity index (χ4n) is 3.02. The van der Waals surface area contributed by atoms with E-state index in [4.69, 9.17) is 21.1 Å². The van der Waals surface area contributed by atoms with Gasteiger partial charge in [0.25, 0.3) is 0 Å². The van der Waals surface area contributed by atoms with Gasteiger partial charge in [-0.2, -0.15) is 0 Å². The van der Waals surface area contributed by atoms with Crippen molar-refractivity contribution >= 4 is 17.6 Å². The van der Waals surface area contributed by atoms with Gasteiger partial charge in [0.1, 0.15) is 12.4 Å². The SMILES string of the molecule is O=C(OCCCCCCc1ccc(OCc2ccc(Cl)cc2)cc1)c1cccnc1. The Morgan fingerprint density at radius 3 is 2.33 bits per heavy atom. The minimum absolute atomic E-state index is 0.304. The predicted octanol–water partition coefficient (Wildman–Crippen LogP) is 6.27. The minimum Gasteiger partial charge on any atom is -0.489 e. The molecule has 156 valence electrons. The van der Waals surface area contributed by atoms with Gasteiger partial charge >= 0.3 is 5.97 Å². The normalized spacial score (nSPS) is 10.6. The number of esters is 1. The van der Waals surface area contributed by atoms with Crippen molar-refractivity contribution in [1.29, 1.82) is 0 Å². The second-order valence-electron chi connectivity index (χ2n) is 7.10. The number of unbranched alkanes of at least 4 members (excludes halogenated alkanes) is 3. The van der Waals surface area contributed by atoms with Gasteiger partial charge in [-0.15, -0.1) is 0 Å². The maximum Gasteiger partial charge on any atom is 0.339 e. The lowest BCUT2D eigenvalue weighted by atomic mass is 10.1. The van der Waals surface area contributed by atoms with E-state index in [0.717, 1.165) is 48.4 Å². The molecule has 0 fully saturated rings. The molecule has 2 aromatic carbocycles. The van der Waals surface area contributed by atoms with Gasteiger partial charge in [-0.05, 0) is 66.8 Å². The third kappa shape index (κ3) is 7.53. The lowest BCUT2D eigenvalue weighted by Gasteiger charge is -2.08. The number of carbonyl (C=O) groups excluding carboxylic acids is 1. The van der Waals surface area contributed by atoms with Crippen molar-refractivity contribution in [3.05, 3.63) is 94.8 Å². The van der Waals surface area contributed by atoms with Crippen LogP contribution in [0.15, 0.2) is 73.1 Å². The topological polar surface area (TPSA) is 48.4 Å². The molecule has 0 amide bonds. The summed E-state index contributed by atoms with van der Waals surface area (Å²) >= 11 is 5.90. The Balaban J connectivity index is 1.26. The predicted molar refractivity (Wildman–Crippen MR) is 119 cm³/mol. The number of nitrogens with zero attached hydrogens (tertiary/aromatic N) is 1. The molecule has 1 aromatic heterocycles. The monoisotopic (exact) mass is 423 g/mol. The van der Waals surface area contributed by atoms with Gasteiger partial charge in [0.2, 0.25) is 0 Å². The van der Waals surface area contributed by atoms with Gasteiger partial charge in [0.05, 0.1) is 12.2 Å². The molecule has 3 rings (SSSR count). The summed E-state index contributed by atoms with van der Waals surface area (Å²) in [6.45, 7) is 0.981. The van der Waals surface area contributed by atoms with Crippen molar-refractivity contribution < 1.29 is 14.3 Å². The van der Waals surface area contributed by atoms with Crippen LogP contribution >= 0.6 is 11.6 Å². The highest BCUT2D eigenvalue weighted by molar-refractivity contribution is 6.30. The summed E-state index contributed by atoms with van der Waals surface area (Å²) in [6.07, 6.45) is 8.34. The molecule has 0 aliphatic heterocycles. The van der Waals surface area contributed by atoms with E-state index in [2.05, 4.69) is 17.1 Å². The molecule has 0 saturated heterocycles. The first kappa shape index (κ1) is 21.8. The molecular weight excluding hydrogens is 398 g/mol. The quantitative estimate of drug-likeness (QED) is 0.269. The molecule has 0 radical (unpaired) electrons. The lowest BCUT2D eigenvalue weighted by molar-refractivity contribution is 0.0497. The summed E-state index contributed by atoms with van der Waals surface area (Å²) in [5, 5.41) is 0.730. The molecule has 0 aliphatic carbocycles. The van der Waals surface area contributed by atoms with Crippen molar-refractivity contribution in [1.82, 2.24) is 4.98 Å². The number of pyridine rings is 1. The Morgan fingerprint density at radius 2 is 1.60 bits per heavy atom. The second kappa shape index (κ2) is 12.0. The van der Waals surface area contributed by atoms with Crippen LogP contribution in [0.2, 0.25) is 5.02 Å². The van der Waals surface area contributed by atoms with E-state index in [1.54, 1.807) is 18.3 Å². The fraction of sp³-hybridized carbons (Fsp3) is 0.280. The Morgan fingerprint density at radius 1 is 0.867 bits per heavy atom. The zero-order chi connectivity index (χ0) is 21.0. The van der Waals surface area contributed by atoms with Crippen LogP contribution in [-0.4, -0.2) is 17.6 Å². The number of halogens is 1. The first-order valence-electron chi connectivity index (χ1n) is 10.2. The number of rotatable bonds is 11. The standard InChI is InChI=1S/C25H26ClNO3/c26-23-12-8-21(9-13-23)19-30-24-14-10-20(11-15-24)6-3-1-2-4-17-29-25(28)22-7-5-16-27-18-22/h5,7-16,18H,1-4,6,17,19H2. The number of hydrogen-bond donors (Lipinski definition) is 0. The average molecular weight is 424 g/mol. The Kier molecular flexibility index (Phi) is 8.73.